The Morgan fingerprint density at radius 3 is 2.64 bits per heavy atom. The fourth-order valence-corrected chi connectivity index (χ4v) is 3.76. The predicted octanol–water partition coefficient (Wildman–Crippen LogP) is 3.67. The highest BCUT2D eigenvalue weighted by Gasteiger charge is 2.35. The van der Waals surface area contributed by atoms with Crippen LogP contribution in [0.15, 0.2) is 28.7 Å². The third kappa shape index (κ3) is 4.07. The molecular weight excluding hydrogens is 404 g/mol. The van der Waals surface area contributed by atoms with Gasteiger partial charge in [0, 0.05) is 22.5 Å². The standard InChI is InChI=1S/C17H19BrN4O2S/c1-10(2)15-20-21-17(25-15)19-14(23)13-4-3-9-22(13)16(24)11-5-7-12(18)8-6-11/h5-8,10,13H,3-4,9H2,1-2H3,(H,19,21,23). The second kappa shape index (κ2) is 7.61. The summed E-state index contributed by atoms with van der Waals surface area (Å²) in [5, 5.41) is 12.3. The molecule has 1 aliphatic heterocycles. The molecule has 0 saturated carbocycles. The van der Waals surface area contributed by atoms with E-state index in [1.165, 1.54) is 11.3 Å². The average molecular weight is 423 g/mol. The first-order valence-electron chi connectivity index (χ1n) is 8.16. The molecule has 25 heavy (non-hydrogen) atoms. The molecule has 0 spiro atoms. The van der Waals surface area contributed by atoms with Crippen LogP contribution in [-0.2, 0) is 4.79 Å². The van der Waals surface area contributed by atoms with E-state index in [2.05, 4.69) is 31.4 Å². The Kier molecular flexibility index (Phi) is 5.48. The molecule has 1 atom stereocenters. The van der Waals surface area contributed by atoms with Crippen LogP contribution in [0.1, 0.15) is 48.0 Å². The van der Waals surface area contributed by atoms with Crippen LogP contribution >= 0.6 is 27.3 Å². The average Bonchev–Trinajstić information content (AvgIpc) is 3.24. The van der Waals surface area contributed by atoms with Gasteiger partial charge in [-0.3, -0.25) is 14.9 Å². The maximum Gasteiger partial charge on any atom is 0.254 e. The van der Waals surface area contributed by atoms with Crippen molar-refractivity contribution in [3.63, 3.8) is 0 Å². The minimum Gasteiger partial charge on any atom is -0.327 e. The topological polar surface area (TPSA) is 75.2 Å². The van der Waals surface area contributed by atoms with Crippen LogP contribution in [0.2, 0.25) is 0 Å². The Morgan fingerprint density at radius 2 is 2.00 bits per heavy atom. The summed E-state index contributed by atoms with van der Waals surface area (Å²) in [6.07, 6.45) is 1.47. The van der Waals surface area contributed by atoms with Crippen molar-refractivity contribution in [2.75, 3.05) is 11.9 Å². The molecule has 1 aromatic heterocycles. The number of likely N-dealkylation sites (tertiary alicyclic amines) is 1. The molecule has 8 heteroatoms. The van der Waals surface area contributed by atoms with Gasteiger partial charge in [0.1, 0.15) is 11.0 Å². The zero-order valence-corrected chi connectivity index (χ0v) is 16.4. The highest BCUT2D eigenvalue weighted by Crippen LogP contribution is 2.25. The van der Waals surface area contributed by atoms with E-state index in [-0.39, 0.29) is 17.7 Å². The van der Waals surface area contributed by atoms with Gasteiger partial charge in [-0.2, -0.15) is 0 Å². The van der Waals surface area contributed by atoms with Gasteiger partial charge in [0.05, 0.1) is 0 Å². The molecule has 3 rings (SSSR count). The highest BCUT2D eigenvalue weighted by molar-refractivity contribution is 9.10. The lowest BCUT2D eigenvalue weighted by atomic mass is 10.1. The van der Waals surface area contributed by atoms with Crippen molar-refractivity contribution in [1.29, 1.82) is 0 Å². The minimum absolute atomic E-state index is 0.120. The molecule has 2 heterocycles. The molecule has 0 aliphatic carbocycles. The third-order valence-corrected chi connectivity index (χ3v) is 5.74. The van der Waals surface area contributed by atoms with E-state index in [9.17, 15) is 9.59 Å². The maximum absolute atomic E-state index is 12.7. The van der Waals surface area contributed by atoms with Crippen molar-refractivity contribution >= 4 is 44.2 Å². The fourth-order valence-electron chi connectivity index (χ4n) is 2.75. The van der Waals surface area contributed by atoms with Gasteiger partial charge in [-0.05, 0) is 37.1 Å². The van der Waals surface area contributed by atoms with Gasteiger partial charge in [-0.15, -0.1) is 10.2 Å². The van der Waals surface area contributed by atoms with E-state index in [1.807, 2.05) is 26.0 Å². The molecule has 0 radical (unpaired) electrons. The Labute approximate surface area is 158 Å². The van der Waals surface area contributed by atoms with Crippen molar-refractivity contribution in [1.82, 2.24) is 15.1 Å². The molecule has 1 aromatic carbocycles. The van der Waals surface area contributed by atoms with E-state index < -0.39 is 6.04 Å². The number of amides is 2. The van der Waals surface area contributed by atoms with Crippen LogP contribution in [0.4, 0.5) is 5.13 Å². The Hall–Kier alpha value is -1.80. The van der Waals surface area contributed by atoms with Gasteiger partial charge in [0.25, 0.3) is 5.91 Å². The van der Waals surface area contributed by atoms with Gasteiger partial charge in [-0.25, -0.2) is 0 Å². The van der Waals surface area contributed by atoms with Crippen LogP contribution < -0.4 is 5.32 Å². The van der Waals surface area contributed by atoms with Crippen LogP contribution in [0.25, 0.3) is 0 Å². The molecule has 1 N–H and O–H groups in total. The minimum atomic E-state index is -0.470. The molecule has 1 fully saturated rings. The zero-order valence-electron chi connectivity index (χ0n) is 14.0. The summed E-state index contributed by atoms with van der Waals surface area (Å²) >= 11 is 4.73. The highest BCUT2D eigenvalue weighted by atomic mass is 79.9. The predicted molar refractivity (Wildman–Crippen MR) is 101 cm³/mol. The van der Waals surface area contributed by atoms with Crippen LogP contribution in [-0.4, -0.2) is 39.5 Å². The van der Waals surface area contributed by atoms with Crippen LogP contribution in [0.5, 0.6) is 0 Å². The number of carbonyl (C=O) groups excluding carboxylic acids is 2. The van der Waals surface area contributed by atoms with Crippen molar-refractivity contribution in [3.8, 4) is 0 Å². The molecular formula is C17H19BrN4O2S. The van der Waals surface area contributed by atoms with Gasteiger partial charge in [0.15, 0.2) is 0 Å². The Balaban J connectivity index is 1.70. The lowest BCUT2D eigenvalue weighted by molar-refractivity contribution is -0.119. The summed E-state index contributed by atoms with van der Waals surface area (Å²) in [6.45, 7) is 4.64. The maximum atomic E-state index is 12.7. The van der Waals surface area contributed by atoms with E-state index >= 15 is 0 Å². The number of nitrogens with one attached hydrogen (secondary N) is 1. The molecule has 6 nitrogen and oxygen atoms in total. The third-order valence-electron chi connectivity index (χ3n) is 4.07. The molecule has 1 aliphatic rings. The number of rotatable bonds is 4. The number of hydrogen-bond donors (Lipinski definition) is 1. The lowest BCUT2D eigenvalue weighted by Gasteiger charge is -2.23. The van der Waals surface area contributed by atoms with Crippen molar-refractivity contribution in [3.05, 3.63) is 39.3 Å². The molecule has 1 unspecified atom stereocenters. The Morgan fingerprint density at radius 1 is 1.28 bits per heavy atom. The summed E-state index contributed by atoms with van der Waals surface area (Å²) in [5.41, 5.74) is 0.584. The zero-order chi connectivity index (χ0) is 18.0. The molecule has 1 saturated heterocycles. The first-order chi connectivity index (χ1) is 12.0. The van der Waals surface area contributed by atoms with Gasteiger partial charge in [-0.1, -0.05) is 41.1 Å². The second-order valence-corrected chi connectivity index (χ2v) is 8.18. The first kappa shape index (κ1) is 18.0. The fraction of sp³-hybridized carbons (Fsp3) is 0.412. The number of aromatic nitrogens is 2. The SMILES string of the molecule is CC(C)c1nnc(NC(=O)C2CCCN2C(=O)c2ccc(Br)cc2)s1. The monoisotopic (exact) mass is 422 g/mol. The van der Waals surface area contributed by atoms with E-state index in [0.717, 1.165) is 15.9 Å². The van der Waals surface area contributed by atoms with Crippen molar-refractivity contribution < 1.29 is 9.59 Å². The second-order valence-electron chi connectivity index (χ2n) is 6.25. The van der Waals surface area contributed by atoms with Gasteiger partial charge >= 0.3 is 0 Å². The Bertz CT molecular complexity index is 775. The number of carbonyl (C=O) groups is 2. The number of nitrogens with zero attached hydrogens (tertiary/aromatic N) is 3. The molecule has 2 amide bonds. The number of anilines is 1. The number of hydrogen-bond acceptors (Lipinski definition) is 5. The largest absolute Gasteiger partial charge is 0.327 e. The normalized spacial score (nSPS) is 17.1. The first-order valence-corrected chi connectivity index (χ1v) is 9.77. The summed E-state index contributed by atoms with van der Waals surface area (Å²) in [5.74, 6) is -0.0511. The number of benzene rings is 1. The van der Waals surface area contributed by atoms with E-state index in [1.54, 1.807) is 17.0 Å². The van der Waals surface area contributed by atoms with Gasteiger partial charge < -0.3 is 4.90 Å². The van der Waals surface area contributed by atoms with Gasteiger partial charge in [0.2, 0.25) is 11.0 Å². The quantitative estimate of drug-likeness (QED) is 0.815. The van der Waals surface area contributed by atoms with E-state index in [0.29, 0.717) is 23.7 Å². The van der Waals surface area contributed by atoms with Crippen LogP contribution in [0, 0.1) is 0 Å². The van der Waals surface area contributed by atoms with Crippen molar-refractivity contribution in [2.45, 2.75) is 38.6 Å². The van der Waals surface area contributed by atoms with Crippen LogP contribution in [0.3, 0.4) is 0 Å². The smallest absolute Gasteiger partial charge is 0.254 e. The summed E-state index contributed by atoms with van der Waals surface area (Å²) in [7, 11) is 0. The lowest BCUT2D eigenvalue weighted by Crippen LogP contribution is -2.43. The van der Waals surface area contributed by atoms with Crippen molar-refractivity contribution in [2.24, 2.45) is 0 Å². The molecule has 0 bridgehead atoms. The summed E-state index contributed by atoms with van der Waals surface area (Å²) in [4.78, 5) is 27.0. The summed E-state index contributed by atoms with van der Waals surface area (Å²) in [6, 6.07) is 6.71. The molecule has 132 valence electrons. The number of halogens is 1. The van der Waals surface area contributed by atoms with E-state index in [4.69, 9.17) is 0 Å². The molecule has 2 aromatic rings. The summed E-state index contributed by atoms with van der Waals surface area (Å²) < 4.78 is 0.914.